The van der Waals surface area contributed by atoms with Crippen LogP contribution in [0.3, 0.4) is 0 Å². The number of benzene rings is 2. The molecule has 1 heterocycles. The van der Waals surface area contributed by atoms with Crippen LogP contribution in [0.25, 0.3) is 5.69 Å². The van der Waals surface area contributed by atoms with Crippen molar-refractivity contribution in [3.63, 3.8) is 0 Å². The van der Waals surface area contributed by atoms with Gasteiger partial charge in [0.15, 0.2) is 0 Å². The lowest BCUT2D eigenvalue weighted by Crippen LogP contribution is -2.23. The summed E-state index contributed by atoms with van der Waals surface area (Å²) in [5.41, 5.74) is 2.43. The maximum absolute atomic E-state index is 12.4. The molecule has 0 unspecified atom stereocenters. The van der Waals surface area contributed by atoms with E-state index in [0.29, 0.717) is 5.69 Å². The average molecular weight is 362 g/mol. The van der Waals surface area contributed by atoms with Gasteiger partial charge >= 0.3 is 0 Å². The van der Waals surface area contributed by atoms with Crippen LogP contribution in [0.15, 0.2) is 65.7 Å². The van der Waals surface area contributed by atoms with E-state index in [1.54, 1.807) is 29.1 Å². The van der Waals surface area contributed by atoms with Gasteiger partial charge in [0, 0.05) is 6.20 Å². The molecule has 0 atom stereocenters. The lowest BCUT2D eigenvalue weighted by Gasteiger charge is -2.08. The Morgan fingerprint density at radius 3 is 2.58 bits per heavy atom. The molecule has 0 spiro atoms. The van der Waals surface area contributed by atoms with Crippen molar-refractivity contribution >= 4 is 21.6 Å². The predicted octanol–water partition coefficient (Wildman–Crippen LogP) is 3.31. The largest absolute Gasteiger partial charge is 0.242 e. The van der Waals surface area contributed by atoms with E-state index < -0.39 is 10.0 Å². The zero-order valence-corrected chi connectivity index (χ0v) is 14.6. The van der Waals surface area contributed by atoms with E-state index in [4.69, 9.17) is 11.6 Å². The minimum absolute atomic E-state index is 0.0669. The highest BCUT2D eigenvalue weighted by atomic mass is 35.5. The van der Waals surface area contributed by atoms with Crippen LogP contribution in [0.1, 0.15) is 11.3 Å². The Morgan fingerprint density at radius 1 is 1.12 bits per heavy atom. The fraction of sp³-hybridized carbons (Fsp3) is 0.118. The molecule has 0 amide bonds. The van der Waals surface area contributed by atoms with Gasteiger partial charge in [0.2, 0.25) is 10.0 Å². The number of nitrogens with one attached hydrogen (secondary N) is 1. The van der Waals surface area contributed by atoms with Crippen LogP contribution < -0.4 is 4.72 Å². The summed E-state index contributed by atoms with van der Waals surface area (Å²) >= 11 is 6.04. The molecule has 0 aliphatic heterocycles. The molecule has 3 rings (SSSR count). The Bertz CT molecular complexity index is 953. The maximum atomic E-state index is 12.4. The molecule has 1 aromatic heterocycles. The molecule has 1 N–H and O–H groups in total. The highest BCUT2D eigenvalue weighted by Gasteiger charge is 2.18. The zero-order valence-electron chi connectivity index (χ0n) is 13.0. The molecule has 0 radical (unpaired) electrons. The molecule has 0 saturated heterocycles. The van der Waals surface area contributed by atoms with E-state index >= 15 is 0 Å². The standard InChI is InChI=1S/C17H16ClN3O2S/c1-13-7-8-17(16(18)11-13)24(22,23)19-12-14-9-10-21(20-14)15-5-3-2-4-6-15/h2-11,19H,12H2,1H3. The fourth-order valence-electron chi connectivity index (χ4n) is 2.25. The second kappa shape index (κ2) is 6.76. The molecular formula is C17H16ClN3O2S. The first-order valence-electron chi connectivity index (χ1n) is 7.31. The SMILES string of the molecule is Cc1ccc(S(=O)(=O)NCc2ccn(-c3ccccc3)n2)c(Cl)c1. The first-order chi connectivity index (χ1) is 11.5. The summed E-state index contributed by atoms with van der Waals surface area (Å²) in [5, 5.41) is 4.58. The Kier molecular flexibility index (Phi) is 4.71. The van der Waals surface area contributed by atoms with E-state index in [1.807, 2.05) is 37.3 Å². The van der Waals surface area contributed by atoms with E-state index in [0.717, 1.165) is 11.3 Å². The first-order valence-corrected chi connectivity index (χ1v) is 9.17. The summed E-state index contributed by atoms with van der Waals surface area (Å²) in [5.74, 6) is 0. The Hall–Kier alpha value is -2.15. The van der Waals surface area contributed by atoms with Gasteiger partial charge in [-0.2, -0.15) is 5.10 Å². The molecule has 0 saturated carbocycles. The van der Waals surface area contributed by atoms with Crippen LogP contribution >= 0.6 is 11.6 Å². The molecule has 124 valence electrons. The monoisotopic (exact) mass is 361 g/mol. The van der Waals surface area contributed by atoms with Crippen molar-refractivity contribution in [3.05, 3.63) is 77.1 Å². The summed E-state index contributed by atoms with van der Waals surface area (Å²) in [6.07, 6.45) is 1.79. The Morgan fingerprint density at radius 2 is 1.88 bits per heavy atom. The number of nitrogens with zero attached hydrogens (tertiary/aromatic N) is 2. The van der Waals surface area contributed by atoms with Crippen molar-refractivity contribution in [1.29, 1.82) is 0 Å². The smallest absolute Gasteiger partial charge is 0.241 e. The van der Waals surface area contributed by atoms with Crippen LogP contribution in [0.4, 0.5) is 0 Å². The maximum Gasteiger partial charge on any atom is 0.242 e. The number of hydrogen-bond acceptors (Lipinski definition) is 3. The van der Waals surface area contributed by atoms with Gasteiger partial charge in [-0.05, 0) is 42.8 Å². The molecule has 2 aromatic carbocycles. The summed E-state index contributed by atoms with van der Waals surface area (Å²) in [6.45, 7) is 1.94. The minimum Gasteiger partial charge on any atom is -0.241 e. The van der Waals surface area contributed by atoms with Gasteiger partial charge in [0.25, 0.3) is 0 Å². The number of rotatable bonds is 5. The highest BCUT2D eigenvalue weighted by Crippen LogP contribution is 2.22. The van der Waals surface area contributed by atoms with Gasteiger partial charge in [-0.25, -0.2) is 17.8 Å². The first kappa shape index (κ1) is 16.7. The van der Waals surface area contributed by atoms with Gasteiger partial charge in [0.05, 0.1) is 22.9 Å². The predicted molar refractivity (Wildman–Crippen MR) is 93.8 cm³/mol. The van der Waals surface area contributed by atoms with Crippen molar-refractivity contribution in [2.75, 3.05) is 0 Å². The van der Waals surface area contributed by atoms with Gasteiger partial charge in [-0.3, -0.25) is 0 Å². The van der Waals surface area contributed by atoms with E-state index in [9.17, 15) is 8.42 Å². The molecule has 24 heavy (non-hydrogen) atoms. The van der Waals surface area contributed by atoms with E-state index in [-0.39, 0.29) is 16.5 Å². The number of hydrogen-bond donors (Lipinski definition) is 1. The lowest BCUT2D eigenvalue weighted by atomic mass is 10.2. The summed E-state index contributed by atoms with van der Waals surface area (Å²) < 4.78 is 29.0. The minimum atomic E-state index is -3.69. The van der Waals surface area contributed by atoms with Crippen LogP contribution in [0.5, 0.6) is 0 Å². The van der Waals surface area contributed by atoms with Crippen molar-refractivity contribution in [2.45, 2.75) is 18.4 Å². The summed E-state index contributed by atoms with van der Waals surface area (Å²) in [7, 11) is -3.69. The summed E-state index contributed by atoms with van der Waals surface area (Å²) in [4.78, 5) is 0.0669. The highest BCUT2D eigenvalue weighted by molar-refractivity contribution is 7.89. The topological polar surface area (TPSA) is 64.0 Å². The van der Waals surface area contributed by atoms with Gasteiger partial charge < -0.3 is 0 Å². The van der Waals surface area contributed by atoms with Gasteiger partial charge in [-0.15, -0.1) is 0 Å². The zero-order chi connectivity index (χ0) is 17.2. The molecule has 0 aliphatic rings. The third kappa shape index (κ3) is 3.67. The summed E-state index contributed by atoms with van der Waals surface area (Å²) in [6, 6.07) is 16.2. The second-order valence-corrected chi connectivity index (χ2v) is 7.49. The lowest BCUT2D eigenvalue weighted by molar-refractivity contribution is 0.580. The molecule has 7 heteroatoms. The number of para-hydroxylation sites is 1. The normalized spacial score (nSPS) is 11.6. The van der Waals surface area contributed by atoms with Gasteiger partial charge in [0.1, 0.15) is 4.90 Å². The van der Waals surface area contributed by atoms with Crippen LogP contribution in [-0.4, -0.2) is 18.2 Å². The Labute approximate surface area is 145 Å². The Balaban J connectivity index is 1.75. The molecule has 0 fully saturated rings. The van der Waals surface area contributed by atoms with Crippen LogP contribution in [0, 0.1) is 6.92 Å². The molecule has 0 aliphatic carbocycles. The van der Waals surface area contributed by atoms with Crippen LogP contribution in [-0.2, 0) is 16.6 Å². The van der Waals surface area contributed by atoms with E-state index in [1.165, 1.54) is 6.07 Å². The van der Waals surface area contributed by atoms with Crippen LogP contribution in [0.2, 0.25) is 5.02 Å². The molecule has 5 nitrogen and oxygen atoms in total. The average Bonchev–Trinajstić information content (AvgIpc) is 3.02. The third-order valence-electron chi connectivity index (χ3n) is 3.49. The second-order valence-electron chi connectivity index (χ2n) is 5.35. The van der Waals surface area contributed by atoms with E-state index in [2.05, 4.69) is 9.82 Å². The number of sulfonamides is 1. The quantitative estimate of drug-likeness (QED) is 0.758. The van der Waals surface area contributed by atoms with Crippen molar-refractivity contribution in [1.82, 2.24) is 14.5 Å². The fourth-order valence-corrected chi connectivity index (χ4v) is 3.85. The number of aromatic nitrogens is 2. The van der Waals surface area contributed by atoms with Crippen molar-refractivity contribution in [3.8, 4) is 5.69 Å². The van der Waals surface area contributed by atoms with Crippen molar-refractivity contribution in [2.24, 2.45) is 0 Å². The number of aryl methyl sites for hydroxylation is 1. The van der Waals surface area contributed by atoms with Crippen molar-refractivity contribution < 1.29 is 8.42 Å². The molecule has 3 aromatic rings. The molecular weight excluding hydrogens is 346 g/mol. The third-order valence-corrected chi connectivity index (χ3v) is 5.37. The molecule has 0 bridgehead atoms. The number of halogens is 1. The van der Waals surface area contributed by atoms with Gasteiger partial charge in [-0.1, -0.05) is 35.9 Å².